The van der Waals surface area contributed by atoms with E-state index in [1.165, 1.54) is 31.3 Å². The standard InChI is InChI=1S/C23H25F3N2O6/c1-32-19-7-6-16(10-20(19)33-2)28-12-14(8-21(28)30)22(31)27-11-17(29)13-34-18-5-3-4-15(9-18)23(24,25)26/h3-7,9-10,14,17,29H,8,11-13H2,1-2H3,(H,27,31). The van der Waals surface area contributed by atoms with Gasteiger partial charge in [-0.3, -0.25) is 9.59 Å². The molecule has 3 rings (SSSR count). The van der Waals surface area contributed by atoms with Crippen molar-refractivity contribution in [2.45, 2.75) is 18.7 Å². The Kier molecular flexibility index (Phi) is 7.87. The van der Waals surface area contributed by atoms with Gasteiger partial charge in [0.15, 0.2) is 11.5 Å². The summed E-state index contributed by atoms with van der Waals surface area (Å²) >= 11 is 0. The summed E-state index contributed by atoms with van der Waals surface area (Å²) in [5, 5.41) is 12.6. The molecule has 34 heavy (non-hydrogen) atoms. The molecule has 184 valence electrons. The fourth-order valence-corrected chi connectivity index (χ4v) is 3.50. The third kappa shape index (κ3) is 6.10. The van der Waals surface area contributed by atoms with Gasteiger partial charge in [0.2, 0.25) is 11.8 Å². The maximum absolute atomic E-state index is 12.8. The first-order chi connectivity index (χ1) is 16.1. The first kappa shape index (κ1) is 25.2. The normalized spacial score (nSPS) is 16.8. The summed E-state index contributed by atoms with van der Waals surface area (Å²) in [5.74, 6) is -0.377. The van der Waals surface area contributed by atoms with Gasteiger partial charge in [-0.15, -0.1) is 0 Å². The average molecular weight is 482 g/mol. The average Bonchev–Trinajstić information content (AvgIpc) is 3.22. The summed E-state index contributed by atoms with van der Waals surface area (Å²) < 4.78 is 54.0. The molecule has 2 aromatic carbocycles. The number of amides is 2. The SMILES string of the molecule is COc1ccc(N2CC(C(=O)NCC(O)COc3cccc(C(F)(F)F)c3)CC2=O)cc1OC. The van der Waals surface area contributed by atoms with Crippen molar-refractivity contribution in [3.05, 3.63) is 48.0 Å². The van der Waals surface area contributed by atoms with Crippen LogP contribution in [-0.4, -0.2) is 56.9 Å². The molecule has 1 aliphatic heterocycles. The van der Waals surface area contributed by atoms with Crippen LogP contribution in [0.4, 0.5) is 18.9 Å². The van der Waals surface area contributed by atoms with Crippen molar-refractivity contribution in [2.24, 2.45) is 5.92 Å². The number of rotatable bonds is 9. The van der Waals surface area contributed by atoms with Gasteiger partial charge in [-0.1, -0.05) is 6.07 Å². The van der Waals surface area contributed by atoms with Gasteiger partial charge < -0.3 is 29.5 Å². The Morgan fingerprint density at radius 3 is 2.59 bits per heavy atom. The van der Waals surface area contributed by atoms with Crippen LogP contribution in [0.5, 0.6) is 17.2 Å². The van der Waals surface area contributed by atoms with E-state index in [2.05, 4.69) is 5.32 Å². The van der Waals surface area contributed by atoms with Crippen LogP contribution in [0.15, 0.2) is 42.5 Å². The number of nitrogens with zero attached hydrogens (tertiary/aromatic N) is 1. The molecule has 0 saturated carbocycles. The lowest BCUT2D eigenvalue weighted by Crippen LogP contribution is -2.39. The van der Waals surface area contributed by atoms with Crippen molar-refractivity contribution in [2.75, 3.05) is 38.8 Å². The molecule has 0 aromatic heterocycles. The number of hydrogen-bond donors (Lipinski definition) is 2. The molecule has 1 saturated heterocycles. The number of aliphatic hydroxyl groups is 1. The van der Waals surface area contributed by atoms with Crippen molar-refractivity contribution in [1.29, 1.82) is 0 Å². The first-order valence-electron chi connectivity index (χ1n) is 10.4. The molecule has 2 aromatic rings. The maximum atomic E-state index is 12.8. The number of aliphatic hydroxyl groups excluding tert-OH is 1. The Morgan fingerprint density at radius 2 is 1.91 bits per heavy atom. The lowest BCUT2D eigenvalue weighted by molar-refractivity contribution is -0.137. The molecule has 8 nitrogen and oxygen atoms in total. The molecule has 2 amide bonds. The Hall–Kier alpha value is -3.47. The summed E-state index contributed by atoms with van der Waals surface area (Å²) in [6.07, 6.45) is -5.66. The van der Waals surface area contributed by atoms with Crippen LogP contribution in [0.2, 0.25) is 0 Å². The summed E-state index contributed by atoms with van der Waals surface area (Å²) in [5.41, 5.74) is -0.301. The molecule has 1 fully saturated rings. The zero-order valence-electron chi connectivity index (χ0n) is 18.6. The van der Waals surface area contributed by atoms with Crippen LogP contribution in [0.25, 0.3) is 0 Å². The number of halogens is 3. The van der Waals surface area contributed by atoms with E-state index in [1.807, 2.05) is 0 Å². The Bertz CT molecular complexity index is 1030. The monoisotopic (exact) mass is 482 g/mol. The van der Waals surface area contributed by atoms with Gasteiger partial charge in [0.25, 0.3) is 0 Å². The van der Waals surface area contributed by atoms with Crippen molar-refractivity contribution in [3.8, 4) is 17.2 Å². The molecular weight excluding hydrogens is 457 g/mol. The molecule has 0 radical (unpaired) electrons. The number of anilines is 1. The molecule has 0 aliphatic carbocycles. The largest absolute Gasteiger partial charge is 0.493 e. The Labute approximate surface area is 194 Å². The van der Waals surface area contributed by atoms with E-state index in [-0.39, 0.29) is 37.8 Å². The minimum atomic E-state index is -4.50. The van der Waals surface area contributed by atoms with Crippen LogP contribution in [-0.2, 0) is 15.8 Å². The van der Waals surface area contributed by atoms with Crippen molar-refractivity contribution >= 4 is 17.5 Å². The summed E-state index contributed by atoms with van der Waals surface area (Å²) in [6, 6.07) is 9.28. The van der Waals surface area contributed by atoms with E-state index >= 15 is 0 Å². The molecular formula is C23H25F3N2O6. The van der Waals surface area contributed by atoms with E-state index in [1.54, 1.807) is 18.2 Å². The number of benzene rings is 2. The van der Waals surface area contributed by atoms with Crippen molar-refractivity contribution in [1.82, 2.24) is 5.32 Å². The fourth-order valence-electron chi connectivity index (χ4n) is 3.50. The summed E-state index contributed by atoms with van der Waals surface area (Å²) in [6.45, 7) is -0.348. The third-order valence-corrected chi connectivity index (χ3v) is 5.29. The van der Waals surface area contributed by atoms with Crippen molar-refractivity contribution in [3.63, 3.8) is 0 Å². The molecule has 11 heteroatoms. The number of nitrogens with one attached hydrogen (secondary N) is 1. The third-order valence-electron chi connectivity index (χ3n) is 5.29. The molecule has 2 N–H and O–H groups in total. The number of methoxy groups -OCH3 is 2. The predicted octanol–water partition coefficient (Wildman–Crippen LogP) is 2.63. The van der Waals surface area contributed by atoms with Gasteiger partial charge in [-0.25, -0.2) is 0 Å². The number of ether oxygens (including phenoxy) is 3. The van der Waals surface area contributed by atoms with Gasteiger partial charge in [0.05, 0.1) is 25.7 Å². The quantitative estimate of drug-likeness (QED) is 0.571. The highest BCUT2D eigenvalue weighted by atomic mass is 19.4. The van der Waals surface area contributed by atoms with E-state index in [4.69, 9.17) is 14.2 Å². The zero-order valence-corrected chi connectivity index (χ0v) is 18.6. The van der Waals surface area contributed by atoms with Gasteiger partial charge in [-0.05, 0) is 30.3 Å². The lowest BCUT2D eigenvalue weighted by Gasteiger charge is -2.19. The van der Waals surface area contributed by atoms with Gasteiger partial charge >= 0.3 is 6.18 Å². The van der Waals surface area contributed by atoms with Gasteiger partial charge in [-0.2, -0.15) is 13.2 Å². The van der Waals surface area contributed by atoms with E-state index < -0.39 is 29.7 Å². The molecule has 0 spiro atoms. The zero-order chi connectivity index (χ0) is 24.9. The number of hydrogen-bond acceptors (Lipinski definition) is 6. The van der Waals surface area contributed by atoms with E-state index in [0.717, 1.165) is 12.1 Å². The molecule has 1 aliphatic rings. The Balaban J connectivity index is 1.50. The first-order valence-corrected chi connectivity index (χ1v) is 10.4. The molecule has 0 bridgehead atoms. The number of alkyl halides is 3. The lowest BCUT2D eigenvalue weighted by atomic mass is 10.1. The second-order valence-electron chi connectivity index (χ2n) is 7.68. The molecule has 2 unspecified atom stereocenters. The van der Waals surface area contributed by atoms with Crippen LogP contribution < -0.4 is 24.4 Å². The van der Waals surface area contributed by atoms with E-state index in [0.29, 0.717) is 17.2 Å². The second-order valence-corrected chi connectivity index (χ2v) is 7.68. The fraction of sp³-hybridized carbons (Fsp3) is 0.391. The van der Waals surface area contributed by atoms with Crippen LogP contribution >= 0.6 is 0 Å². The number of carbonyl (C=O) groups excluding carboxylic acids is 2. The summed E-state index contributed by atoms with van der Waals surface area (Å²) in [4.78, 5) is 26.4. The molecule has 2 atom stereocenters. The number of carbonyl (C=O) groups is 2. The highest BCUT2D eigenvalue weighted by Gasteiger charge is 2.35. The highest BCUT2D eigenvalue weighted by Crippen LogP contribution is 2.34. The maximum Gasteiger partial charge on any atom is 0.416 e. The smallest absolute Gasteiger partial charge is 0.416 e. The predicted molar refractivity (Wildman–Crippen MR) is 116 cm³/mol. The van der Waals surface area contributed by atoms with Crippen LogP contribution in [0.3, 0.4) is 0 Å². The van der Waals surface area contributed by atoms with Crippen molar-refractivity contribution < 1.29 is 42.1 Å². The second kappa shape index (κ2) is 10.6. The highest BCUT2D eigenvalue weighted by molar-refractivity contribution is 6.00. The van der Waals surface area contributed by atoms with Gasteiger partial charge in [0, 0.05) is 31.3 Å². The van der Waals surface area contributed by atoms with Crippen LogP contribution in [0.1, 0.15) is 12.0 Å². The molecule has 1 heterocycles. The Morgan fingerprint density at radius 1 is 1.18 bits per heavy atom. The van der Waals surface area contributed by atoms with Crippen LogP contribution in [0, 0.1) is 5.92 Å². The minimum absolute atomic E-state index is 0.00297. The topological polar surface area (TPSA) is 97.3 Å². The van der Waals surface area contributed by atoms with Gasteiger partial charge in [0.1, 0.15) is 18.5 Å². The minimum Gasteiger partial charge on any atom is -0.493 e. The van der Waals surface area contributed by atoms with E-state index in [9.17, 15) is 27.9 Å². The summed E-state index contributed by atoms with van der Waals surface area (Å²) in [7, 11) is 2.98.